The van der Waals surface area contributed by atoms with Crippen molar-refractivity contribution < 1.29 is 18.7 Å². The molecular formula is C22H23FN2O3S. The van der Waals surface area contributed by atoms with Gasteiger partial charge in [-0.2, -0.15) is 0 Å². The summed E-state index contributed by atoms with van der Waals surface area (Å²) in [5, 5.41) is 3.59. The standard InChI is InChI=1S/C22H23FN2O3S/c1-4-8-17-19(21(26)28-3)20(14-9-7-10-15(23)13-14)24-22(29)25(17)16-11-5-6-12-18(16)27-2/h5-7,9-13,20H,4,8H2,1-3H3,(H,24,29)/t20-/m1/s1. The van der Waals surface area contributed by atoms with Crippen molar-refractivity contribution in [2.24, 2.45) is 0 Å². The molecule has 0 amide bonds. The van der Waals surface area contributed by atoms with E-state index in [1.165, 1.54) is 19.2 Å². The van der Waals surface area contributed by atoms with Gasteiger partial charge in [-0.3, -0.25) is 4.90 Å². The lowest BCUT2D eigenvalue weighted by atomic mass is 9.92. The molecule has 29 heavy (non-hydrogen) atoms. The molecule has 3 rings (SSSR count). The highest BCUT2D eigenvalue weighted by molar-refractivity contribution is 7.80. The molecule has 7 heteroatoms. The molecule has 2 aromatic rings. The number of hydrogen-bond donors (Lipinski definition) is 1. The summed E-state index contributed by atoms with van der Waals surface area (Å²) in [5.41, 5.74) is 2.43. The summed E-state index contributed by atoms with van der Waals surface area (Å²) in [6, 6.07) is 13.0. The number of ether oxygens (including phenoxy) is 2. The molecule has 1 heterocycles. The van der Waals surface area contributed by atoms with Crippen LogP contribution < -0.4 is 15.0 Å². The number of thiocarbonyl (C=S) groups is 1. The van der Waals surface area contributed by atoms with E-state index >= 15 is 0 Å². The molecule has 5 nitrogen and oxygen atoms in total. The molecule has 1 aliphatic heterocycles. The molecular weight excluding hydrogens is 391 g/mol. The van der Waals surface area contributed by atoms with Gasteiger partial charge < -0.3 is 14.8 Å². The fourth-order valence-corrected chi connectivity index (χ4v) is 3.83. The zero-order valence-electron chi connectivity index (χ0n) is 16.6. The van der Waals surface area contributed by atoms with Crippen molar-refractivity contribution in [3.8, 4) is 5.75 Å². The lowest BCUT2D eigenvalue weighted by Gasteiger charge is -2.39. The molecule has 1 N–H and O–H groups in total. The van der Waals surface area contributed by atoms with Gasteiger partial charge >= 0.3 is 5.97 Å². The van der Waals surface area contributed by atoms with E-state index in [1.54, 1.807) is 24.1 Å². The molecule has 0 saturated carbocycles. The third kappa shape index (κ3) is 4.10. The van der Waals surface area contributed by atoms with Gasteiger partial charge in [0, 0.05) is 5.70 Å². The highest BCUT2D eigenvalue weighted by atomic mass is 32.1. The zero-order chi connectivity index (χ0) is 21.0. The summed E-state index contributed by atoms with van der Waals surface area (Å²) >= 11 is 5.67. The molecule has 0 saturated heterocycles. The van der Waals surface area contributed by atoms with Crippen molar-refractivity contribution in [2.75, 3.05) is 19.1 Å². The number of anilines is 1. The highest BCUT2D eigenvalue weighted by Crippen LogP contribution is 2.39. The van der Waals surface area contributed by atoms with Crippen LogP contribution in [0.1, 0.15) is 31.4 Å². The number of allylic oxidation sites excluding steroid dienone is 1. The summed E-state index contributed by atoms with van der Waals surface area (Å²) < 4.78 is 24.5. The maximum Gasteiger partial charge on any atom is 0.337 e. The van der Waals surface area contributed by atoms with Gasteiger partial charge in [0.15, 0.2) is 5.11 Å². The van der Waals surface area contributed by atoms with E-state index in [0.29, 0.717) is 34.1 Å². The highest BCUT2D eigenvalue weighted by Gasteiger charge is 2.37. The van der Waals surface area contributed by atoms with Crippen LogP contribution in [0, 0.1) is 5.82 Å². The molecule has 1 atom stereocenters. The maximum atomic E-state index is 13.9. The van der Waals surface area contributed by atoms with Crippen LogP contribution in [0.3, 0.4) is 0 Å². The Morgan fingerprint density at radius 2 is 1.97 bits per heavy atom. The van der Waals surface area contributed by atoms with Crippen LogP contribution in [0.5, 0.6) is 5.75 Å². The van der Waals surface area contributed by atoms with Crippen LogP contribution in [-0.2, 0) is 9.53 Å². The molecule has 0 bridgehead atoms. The number of para-hydroxylation sites is 2. The minimum atomic E-state index is -0.613. The first-order chi connectivity index (χ1) is 14.0. The second kappa shape index (κ2) is 9.05. The van der Waals surface area contributed by atoms with Crippen LogP contribution in [0.15, 0.2) is 59.8 Å². The minimum Gasteiger partial charge on any atom is -0.495 e. The number of carbonyl (C=O) groups is 1. The van der Waals surface area contributed by atoms with Gasteiger partial charge in [0.1, 0.15) is 11.6 Å². The molecule has 0 radical (unpaired) electrons. The molecule has 0 aliphatic carbocycles. The average molecular weight is 415 g/mol. The second-order valence-electron chi connectivity index (χ2n) is 6.55. The summed E-state index contributed by atoms with van der Waals surface area (Å²) in [6.45, 7) is 2.02. The number of esters is 1. The lowest BCUT2D eigenvalue weighted by molar-refractivity contribution is -0.136. The zero-order valence-corrected chi connectivity index (χ0v) is 17.4. The average Bonchev–Trinajstić information content (AvgIpc) is 2.73. The van der Waals surface area contributed by atoms with Gasteiger partial charge in [-0.05, 0) is 48.5 Å². The molecule has 0 spiro atoms. The Kier molecular flexibility index (Phi) is 6.49. The van der Waals surface area contributed by atoms with Crippen molar-refractivity contribution in [3.63, 3.8) is 0 Å². The van der Waals surface area contributed by atoms with E-state index in [0.717, 1.165) is 12.1 Å². The number of methoxy groups -OCH3 is 2. The first kappa shape index (κ1) is 20.8. The van der Waals surface area contributed by atoms with Crippen molar-refractivity contribution in [2.45, 2.75) is 25.8 Å². The Morgan fingerprint density at radius 3 is 2.62 bits per heavy atom. The van der Waals surface area contributed by atoms with Gasteiger partial charge in [0.05, 0.1) is 31.5 Å². The quantitative estimate of drug-likeness (QED) is 0.555. The van der Waals surface area contributed by atoms with Gasteiger partial charge in [-0.25, -0.2) is 9.18 Å². The van der Waals surface area contributed by atoms with Gasteiger partial charge in [-0.1, -0.05) is 37.6 Å². The van der Waals surface area contributed by atoms with E-state index < -0.39 is 12.0 Å². The molecule has 2 aromatic carbocycles. The Balaban J connectivity index is 2.25. The number of rotatable bonds is 6. The third-order valence-electron chi connectivity index (χ3n) is 4.74. The van der Waals surface area contributed by atoms with Gasteiger partial charge in [0.2, 0.25) is 0 Å². The number of hydrogen-bond acceptors (Lipinski definition) is 4. The largest absolute Gasteiger partial charge is 0.495 e. The summed E-state index contributed by atoms with van der Waals surface area (Å²) in [5.74, 6) is -0.250. The maximum absolute atomic E-state index is 13.9. The summed E-state index contributed by atoms with van der Waals surface area (Å²) in [6.07, 6.45) is 1.36. The summed E-state index contributed by atoms with van der Waals surface area (Å²) in [7, 11) is 2.92. The third-order valence-corrected chi connectivity index (χ3v) is 5.04. The Hall–Kier alpha value is -2.93. The molecule has 1 aliphatic rings. The van der Waals surface area contributed by atoms with Crippen LogP contribution in [0.25, 0.3) is 0 Å². The van der Waals surface area contributed by atoms with Crippen molar-refractivity contribution in [3.05, 3.63) is 71.2 Å². The fourth-order valence-electron chi connectivity index (χ4n) is 3.50. The Morgan fingerprint density at radius 1 is 1.21 bits per heavy atom. The van der Waals surface area contributed by atoms with Crippen molar-refractivity contribution in [1.82, 2.24) is 5.32 Å². The summed E-state index contributed by atoms with van der Waals surface area (Å²) in [4.78, 5) is 14.6. The molecule has 152 valence electrons. The Bertz CT molecular complexity index is 961. The first-order valence-electron chi connectivity index (χ1n) is 9.32. The minimum absolute atomic E-state index is 0.386. The van der Waals surface area contributed by atoms with Crippen molar-refractivity contribution in [1.29, 1.82) is 0 Å². The topological polar surface area (TPSA) is 50.8 Å². The predicted molar refractivity (Wildman–Crippen MR) is 114 cm³/mol. The van der Waals surface area contributed by atoms with Crippen molar-refractivity contribution >= 4 is 29.0 Å². The van der Waals surface area contributed by atoms with Gasteiger partial charge in [0.25, 0.3) is 0 Å². The first-order valence-corrected chi connectivity index (χ1v) is 9.73. The van der Waals surface area contributed by atoms with E-state index in [1.807, 2.05) is 31.2 Å². The molecule has 0 fully saturated rings. The number of benzene rings is 2. The van der Waals surface area contributed by atoms with Crippen LogP contribution >= 0.6 is 12.2 Å². The molecule has 0 aromatic heterocycles. The number of nitrogens with zero attached hydrogens (tertiary/aromatic N) is 1. The smallest absolute Gasteiger partial charge is 0.337 e. The van der Waals surface area contributed by atoms with E-state index in [-0.39, 0.29) is 5.82 Å². The van der Waals surface area contributed by atoms with Crippen LogP contribution in [-0.4, -0.2) is 25.3 Å². The predicted octanol–water partition coefficient (Wildman–Crippen LogP) is 4.50. The van der Waals surface area contributed by atoms with Crippen LogP contribution in [0.4, 0.5) is 10.1 Å². The SMILES string of the molecule is CCCC1=C(C(=O)OC)[C@@H](c2cccc(F)c2)NC(=S)N1c1ccccc1OC. The number of halogens is 1. The fraction of sp³-hybridized carbons (Fsp3) is 0.273. The van der Waals surface area contributed by atoms with Gasteiger partial charge in [-0.15, -0.1) is 0 Å². The lowest BCUT2D eigenvalue weighted by Crippen LogP contribution is -2.48. The normalized spacial score (nSPS) is 16.5. The number of carbonyl (C=O) groups excluding carboxylic acids is 1. The van der Waals surface area contributed by atoms with E-state index in [4.69, 9.17) is 21.7 Å². The van der Waals surface area contributed by atoms with E-state index in [9.17, 15) is 9.18 Å². The second-order valence-corrected chi connectivity index (χ2v) is 6.93. The van der Waals surface area contributed by atoms with Crippen LogP contribution in [0.2, 0.25) is 0 Å². The number of nitrogens with one attached hydrogen (secondary N) is 1. The Labute approximate surface area is 175 Å². The van der Waals surface area contributed by atoms with E-state index in [2.05, 4.69) is 5.32 Å². The molecule has 0 unspecified atom stereocenters. The monoisotopic (exact) mass is 414 g/mol.